The number of nitro groups is 1. The largest absolute Gasteiger partial charge is 0.497 e. The zero-order valence-electron chi connectivity index (χ0n) is 16.4. The minimum Gasteiger partial charge on any atom is -0.497 e. The molecule has 10 heteroatoms. The minimum absolute atomic E-state index is 0.131. The van der Waals surface area contributed by atoms with Crippen molar-refractivity contribution in [2.45, 2.75) is 19.0 Å². The molecule has 0 aliphatic carbocycles. The molecule has 1 atom stereocenters. The van der Waals surface area contributed by atoms with E-state index in [9.17, 15) is 24.5 Å². The number of methoxy groups -OCH3 is 1. The van der Waals surface area contributed by atoms with Crippen molar-refractivity contribution in [2.75, 3.05) is 13.7 Å². The summed E-state index contributed by atoms with van der Waals surface area (Å²) in [6.07, 6.45) is 0. The second kappa shape index (κ2) is 8.19. The van der Waals surface area contributed by atoms with Gasteiger partial charge in [0.15, 0.2) is 0 Å². The van der Waals surface area contributed by atoms with Crippen molar-refractivity contribution < 1.29 is 24.0 Å². The van der Waals surface area contributed by atoms with Crippen LogP contribution in [0.25, 0.3) is 0 Å². The van der Waals surface area contributed by atoms with Crippen molar-refractivity contribution in [3.8, 4) is 5.75 Å². The first-order valence-corrected chi connectivity index (χ1v) is 9.03. The molecule has 1 aliphatic rings. The number of benzene rings is 2. The normalized spacial score (nSPS) is 18.1. The van der Waals surface area contributed by atoms with Crippen LogP contribution in [0.4, 0.5) is 10.5 Å². The van der Waals surface area contributed by atoms with E-state index in [1.54, 1.807) is 31.4 Å². The number of carbonyl (C=O) groups excluding carboxylic acids is 3. The fourth-order valence-corrected chi connectivity index (χ4v) is 3.10. The molecule has 0 spiro atoms. The number of urea groups is 1. The van der Waals surface area contributed by atoms with E-state index in [2.05, 4.69) is 10.6 Å². The third-order valence-electron chi connectivity index (χ3n) is 4.88. The van der Waals surface area contributed by atoms with Crippen LogP contribution in [0.1, 0.15) is 18.1 Å². The van der Waals surface area contributed by atoms with Gasteiger partial charge in [-0.05, 0) is 42.3 Å². The number of non-ortho nitro benzene ring substituents is 1. The number of amides is 4. The van der Waals surface area contributed by atoms with Gasteiger partial charge < -0.3 is 15.4 Å². The molecule has 1 heterocycles. The Morgan fingerprint density at radius 3 is 2.37 bits per heavy atom. The van der Waals surface area contributed by atoms with E-state index in [1.807, 2.05) is 0 Å². The van der Waals surface area contributed by atoms with Gasteiger partial charge in [0.1, 0.15) is 17.8 Å². The molecule has 0 saturated carbocycles. The van der Waals surface area contributed by atoms with Gasteiger partial charge in [0.2, 0.25) is 5.91 Å². The van der Waals surface area contributed by atoms with E-state index in [-0.39, 0.29) is 12.2 Å². The van der Waals surface area contributed by atoms with Crippen LogP contribution in [0.3, 0.4) is 0 Å². The number of carbonyl (C=O) groups is 3. The van der Waals surface area contributed by atoms with Crippen LogP contribution in [0.2, 0.25) is 0 Å². The van der Waals surface area contributed by atoms with Gasteiger partial charge in [0.25, 0.3) is 11.6 Å². The van der Waals surface area contributed by atoms with Gasteiger partial charge in [0, 0.05) is 18.7 Å². The average Bonchev–Trinajstić information content (AvgIpc) is 2.96. The van der Waals surface area contributed by atoms with Crippen molar-refractivity contribution >= 4 is 23.5 Å². The Kier molecular flexibility index (Phi) is 5.67. The van der Waals surface area contributed by atoms with Crippen LogP contribution in [-0.4, -0.2) is 41.3 Å². The van der Waals surface area contributed by atoms with E-state index >= 15 is 0 Å². The molecular formula is C20H20N4O6. The SMILES string of the molecule is COc1ccc(CNC(=O)CN2C(=O)N[C@](C)(c3ccc([N+](=O)[O-])cc3)C2=O)cc1. The van der Waals surface area contributed by atoms with E-state index in [0.29, 0.717) is 11.3 Å². The molecule has 156 valence electrons. The standard InChI is InChI=1S/C20H20N4O6/c1-20(14-5-7-15(8-6-14)24(28)29)18(26)23(19(27)22-20)12-17(25)21-11-13-3-9-16(30-2)10-4-13/h3-10H,11-12H2,1-2H3,(H,21,25)(H,22,27)/t20-/m1/s1. The van der Waals surface area contributed by atoms with Crippen LogP contribution in [0.15, 0.2) is 48.5 Å². The number of nitrogens with zero attached hydrogens (tertiary/aromatic N) is 2. The Balaban J connectivity index is 1.64. The Bertz CT molecular complexity index is 989. The molecule has 0 radical (unpaired) electrons. The van der Waals surface area contributed by atoms with Gasteiger partial charge in [-0.1, -0.05) is 12.1 Å². The van der Waals surface area contributed by atoms with E-state index in [1.165, 1.54) is 31.2 Å². The van der Waals surface area contributed by atoms with Crippen molar-refractivity contribution in [3.63, 3.8) is 0 Å². The van der Waals surface area contributed by atoms with Gasteiger partial charge in [0.05, 0.1) is 12.0 Å². The summed E-state index contributed by atoms with van der Waals surface area (Å²) >= 11 is 0. The Labute approximate surface area is 172 Å². The third kappa shape index (κ3) is 4.07. The average molecular weight is 412 g/mol. The van der Waals surface area contributed by atoms with Crippen LogP contribution in [-0.2, 0) is 21.7 Å². The Hall–Kier alpha value is -3.95. The van der Waals surface area contributed by atoms with Crippen LogP contribution in [0, 0.1) is 10.1 Å². The number of hydrogen-bond donors (Lipinski definition) is 2. The lowest BCUT2D eigenvalue weighted by atomic mass is 9.92. The first-order chi connectivity index (χ1) is 14.2. The topological polar surface area (TPSA) is 131 Å². The first-order valence-electron chi connectivity index (χ1n) is 9.03. The van der Waals surface area contributed by atoms with Gasteiger partial charge >= 0.3 is 6.03 Å². The van der Waals surface area contributed by atoms with E-state index in [0.717, 1.165) is 10.5 Å². The van der Waals surface area contributed by atoms with Crippen molar-refractivity contribution in [3.05, 3.63) is 69.8 Å². The summed E-state index contributed by atoms with van der Waals surface area (Å²) in [5, 5.41) is 16.0. The molecule has 4 amide bonds. The molecule has 30 heavy (non-hydrogen) atoms. The highest BCUT2D eigenvalue weighted by atomic mass is 16.6. The molecule has 1 saturated heterocycles. The zero-order chi connectivity index (χ0) is 21.9. The Morgan fingerprint density at radius 2 is 1.80 bits per heavy atom. The zero-order valence-corrected chi connectivity index (χ0v) is 16.4. The highest BCUT2D eigenvalue weighted by Gasteiger charge is 2.49. The molecule has 0 aromatic heterocycles. The van der Waals surface area contributed by atoms with Crippen LogP contribution < -0.4 is 15.4 Å². The minimum atomic E-state index is -1.41. The lowest BCUT2D eigenvalue weighted by Gasteiger charge is -2.22. The summed E-state index contributed by atoms with van der Waals surface area (Å²) in [6.45, 7) is 1.28. The maximum atomic E-state index is 12.9. The van der Waals surface area contributed by atoms with Gasteiger partial charge in [-0.2, -0.15) is 0 Å². The quantitative estimate of drug-likeness (QED) is 0.404. The molecule has 0 bridgehead atoms. The summed E-state index contributed by atoms with van der Waals surface area (Å²) in [4.78, 5) is 48.5. The molecule has 1 fully saturated rings. The summed E-state index contributed by atoms with van der Waals surface area (Å²) in [7, 11) is 1.55. The molecule has 2 aromatic rings. The first kappa shape index (κ1) is 20.8. The molecule has 3 rings (SSSR count). The second-order valence-corrected chi connectivity index (χ2v) is 6.88. The third-order valence-corrected chi connectivity index (χ3v) is 4.88. The fraction of sp³-hybridized carbons (Fsp3) is 0.250. The highest BCUT2D eigenvalue weighted by molar-refractivity contribution is 6.09. The number of ether oxygens (including phenoxy) is 1. The molecule has 0 unspecified atom stereocenters. The molecule has 10 nitrogen and oxygen atoms in total. The predicted molar refractivity (Wildman–Crippen MR) is 106 cm³/mol. The Morgan fingerprint density at radius 1 is 1.17 bits per heavy atom. The van der Waals surface area contributed by atoms with Gasteiger partial charge in [-0.25, -0.2) is 4.79 Å². The van der Waals surface area contributed by atoms with E-state index < -0.39 is 34.9 Å². The molecule has 1 aliphatic heterocycles. The van der Waals surface area contributed by atoms with Crippen LogP contribution >= 0.6 is 0 Å². The summed E-state index contributed by atoms with van der Waals surface area (Å²) in [6, 6.07) is 11.7. The number of nitro benzene ring substituents is 1. The second-order valence-electron chi connectivity index (χ2n) is 6.88. The maximum Gasteiger partial charge on any atom is 0.325 e. The van der Waals surface area contributed by atoms with Crippen molar-refractivity contribution in [1.82, 2.24) is 15.5 Å². The predicted octanol–water partition coefficient (Wildman–Crippen LogP) is 1.69. The molecule has 2 aromatic carbocycles. The lowest BCUT2D eigenvalue weighted by Crippen LogP contribution is -2.43. The van der Waals surface area contributed by atoms with Gasteiger partial charge in [-0.3, -0.25) is 24.6 Å². The monoisotopic (exact) mass is 412 g/mol. The lowest BCUT2D eigenvalue weighted by molar-refractivity contribution is -0.384. The number of imide groups is 1. The maximum absolute atomic E-state index is 12.9. The van der Waals surface area contributed by atoms with E-state index in [4.69, 9.17) is 4.74 Å². The molecule has 2 N–H and O–H groups in total. The van der Waals surface area contributed by atoms with Gasteiger partial charge in [-0.15, -0.1) is 0 Å². The molecular weight excluding hydrogens is 392 g/mol. The van der Waals surface area contributed by atoms with Crippen molar-refractivity contribution in [1.29, 1.82) is 0 Å². The summed E-state index contributed by atoms with van der Waals surface area (Å²) < 4.78 is 5.07. The number of rotatable bonds is 7. The fourth-order valence-electron chi connectivity index (χ4n) is 3.10. The van der Waals surface area contributed by atoms with Crippen LogP contribution in [0.5, 0.6) is 5.75 Å². The smallest absolute Gasteiger partial charge is 0.325 e. The summed E-state index contributed by atoms with van der Waals surface area (Å²) in [5.41, 5.74) is -0.332. The number of hydrogen-bond acceptors (Lipinski definition) is 6. The highest BCUT2D eigenvalue weighted by Crippen LogP contribution is 2.29. The summed E-state index contributed by atoms with van der Waals surface area (Å²) in [5.74, 6) is -0.418. The number of nitrogens with one attached hydrogen (secondary N) is 2. The van der Waals surface area contributed by atoms with Crippen molar-refractivity contribution in [2.24, 2.45) is 0 Å².